The number of hydrogen-bond acceptors (Lipinski definition) is 3. The van der Waals surface area contributed by atoms with Gasteiger partial charge >= 0.3 is 10.2 Å². The molecule has 0 atom stereocenters. The summed E-state index contributed by atoms with van der Waals surface area (Å²) in [5.41, 5.74) is 0.324. The second-order valence-electron chi connectivity index (χ2n) is 2.21. The molecule has 1 aromatic rings. The highest BCUT2D eigenvalue weighted by Crippen LogP contribution is 2.16. The third-order valence-electron chi connectivity index (χ3n) is 1.23. The van der Waals surface area contributed by atoms with E-state index in [4.69, 9.17) is 0 Å². The van der Waals surface area contributed by atoms with Gasteiger partial charge in [-0.1, -0.05) is 3.89 Å². The van der Waals surface area contributed by atoms with Crippen molar-refractivity contribution in [3.63, 3.8) is 0 Å². The Balaban J connectivity index is 3.39. The van der Waals surface area contributed by atoms with E-state index >= 15 is 0 Å². The fourth-order valence-corrected chi connectivity index (χ4v) is 2.01. The molecular formula is C6H5FINO2S. The largest absolute Gasteiger partial charge is 0.350 e. The highest BCUT2D eigenvalue weighted by Gasteiger charge is 2.16. The van der Waals surface area contributed by atoms with Crippen molar-refractivity contribution in [3.05, 3.63) is 21.4 Å². The third kappa shape index (κ3) is 2.13. The SMILES string of the molecule is Cc1cc(I)cnc1S(=O)(=O)F. The molecule has 0 aliphatic rings. The summed E-state index contributed by atoms with van der Waals surface area (Å²) in [4.78, 5) is 3.48. The van der Waals surface area contributed by atoms with Gasteiger partial charge in [0.25, 0.3) is 0 Å². The topological polar surface area (TPSA) is 47.0 Å². The molecule has 66 valence electrons. The minimum atomic E-state index is -4.66. The number of hydrogen-bond donors (Lipinski definition) is 0. The number of nitrogens with zero attached hydrogens (tertiary/aromatic N) is 1. The van der Waals surface area contributed by atoms with Crippen LogP contribution in [0.5, 0.6) is 0 Å². The molecule has 0 aromatic carbocycles. The zero-order valence-corrected chi connectivity index (χ0v) is 9.06. The van der Waals surface area contributed by atoms with Gasteiger partial charge in [-0.15, -0.1) is 0 Å². The van der Waals surface area contributed by atoms with Gasteiger partial charge in [0.15, 0.2) is 5.03 Å². The van der Waals surface area contributed by atoms with Crippen LogP contribution < -0.4 is 0 Å². The van der Waals surface area contributed by atoms with Crippen LogP contribution in [0, 0.1) is 10.5 Å². The molecule has 6 heteroatoms. The lowest BCUT2D eigenvalue weighted by molar-refractivity contribution is 0.547. The molecule has 0 aliphatic heterocycles. The van der Waals surface area contributed by atoms with Crippen LogP contribution in [0.25, 0.3) is 0 Å². The molecule has 0 N–H and O–H groups in total. The summed E-state index contributed by atoms with van der Waals surface area (Å²) < 4.78 is 34.1. The average Bonchev–Trinajstić information content (AvgIpc) is 1.83. The molecule has 1 aromatic heterocycles. The van der Waals surface area contributed by atoms with Gasteiger partial charge in [-0.3, -0.25) is 0 Å². The van der Waals surface area contributed by atoms with Gasteiger partial charge in [-0.2, -0.15) is 8.42 Å². The molecule has 3 nitrogen and oxygen atoms in total. The lowest BCUT2D eigenvalue weighted by Gasteiger charge is -1.98. The van der Waals surface area contributed by atoms with Crippen LogP contribution in [0.1, 0.15) is 5.56 Å². The van der Waals surface area contributed by atoms with Gasteiger partial charge in [-0.25, -0.2) is 4.98 Å². The fraction of sp³-hybridized carbons (Fsp3) is 0.167. The molecule has 0 saturated heterocycles. The quantitative estimate of drug-likeness (QED) is 0.585. The van der Waals surface area contributed by atoms with Gasteiger partial charge in [0.2, 0.25) is 0 Å². The van der Waals surface area contributed by atoms with Crippen LogP contribution in [0.3, 0.4) is 0 Å². The minimum absolute atomic E-state index is 0.324. The van der Waals surface area contributed by atoms with Gasteiger partial charge < -0.3 is 0 Å². The highest BCUT2D eigenvalue weighted by molar-refractivity contribution is 14.1. The summed E-state index contributed by atoms with van der Waals surface area (Å²) in [6.07, 6.45) is 1.31. The second kappa shape index (κ2) is 3.25. The first-order chi connectivity index (χ1) is 5.41. The molecule has 0 fully saturated rings. The zero-order valence-electron chi connectivity index (χ0n) is 6.08. The summed E-state index contributed by atoms with van der Waals surface area (Å²) >= 11 is 1.97. The van der Waals surface area contributed by atoms with Gasteiger partial charge in [0.05, 0.1) is 0 Å². The Morgan fingerprint density at radius 2 is 2.17 bits per heavy atom. The van der Waals surface area contributed by atoms with Crippen LogP contribution in [0.15, 0.2) is 17.3 Å². The van der Waals surface area contributed by atoms with E-state index in [1.54, 1.807) is 6.07 Å². The van der Waals surface area contributed by atoms with E-state index in [2.05, 4.69) is 4.98 Å². The first kappa shape index (κ1) is 9.85. The molecule has 0 spiro atoms. The van der Waals surface area contributed by atoms with E-state index in [0.717, 1.165) is 3.57 Å². The monoisotopic (exact) mass is 301 g/mol. The van der Waals surface area contributed by atoms with E-state index in [1.165, 1.54) is 13.1 Å². The van der Waals surface area contributed by atoms with Crippen molar-refractivity contribution in [1.82, 2.24) is 4.98 Å². The van der Waals surface area contributed by atoms with Crippen molar-refractivity contribution in [2.24, 2.45) is 0 Å². The minimum Gasteiger partial charge on any atom is -0.241 e. The van der Waals surface area contributed by atoms with Crippen molar-refractivity contribution in [2.45, 2.75) is 11.9 Å². The maximum absolute atomic E-state index is 12.4. The lowest BCUT2D eigenvalue weighted by atomic mass is 10.3. The van der Waals surface area contributed by atoms with Crippen molar-refractivity contribution >= 4 is 32.8 Å². The smallest absolute Gasteiger partial charge is 0.241 e. The number of rotatable bonds is 1. The van der Waals surface area contributed by atoms with E-state index in [9.17, 15) is 12.3 Å². The number of pyridine rings is 1. The summed E-state index contributed by atoms with van der Waals surface area (Å²) in [5.74, 6) is 0. The molecule has 0 amide bonds. The van der Waals surface area contributed by atoms with E-state index < -0.39 is 15.2 Å². The summed E-state index contributed by atoms with van der Waals surface area (Å²) in [6, 6.07) is 1.56. The van der Waals surface area contributed by atoms with Crippen molar-refractivity contribution in [1.29, 1.82) is 0 Å². The number of aromatic nitrogens is 1. The van der Waals surface area contributed by atoms with Gasteiger partial charge in [-0.05, 0) is 41.1 Å². The molecule has 0 bridgehead atoms. The predicted octanol–water partition coefficient (Wildman–Crippen LogP) is 1.65. The summed E-state index contributed by atoms with van der Waals surface area (Å²) in [6.45, 7) is 1.50. The zero-order chi connectivity index (χ0) is 9.35. The molecule has 0 saturated carbocycles. The van der Waals surface area contributed by atoms with Crippen LogP contribution in [0.4, 0.5) is 3.89 Å². The number of halogens is 2. The van der Waals surface area contributed by atoms with Crippen LogP contribution in [-0.2, 0) is 10.2 Å². The summed E-state index contributed by atoms with van der Waals surface area (Å²) in [7, 11) is -4.66. The summed E-state index contributed by atoms with van der Waals surface area (Å²) in [5, 5.41) is -0.497. The van der Waals surface area contributed by atoms with Crippen molar-refractivity contribution < 1.29 is 12.3 Å². The molecule has 0 radical (unpaired) electrons. The Morgan fingerprint density at radius 1 is 1.58 bits per heavy atom. The van der Waals surface area contributed by atoms with Crippen LogP contribution >= 0.6 is 22.6 Å². The maximum atomic E-state index is 12.4. The normalized spacial score (nSPS) is 11.6. The van der Waals surface area contributed by atoms with E-state index in [1.807, 2.05) is 22.6 Å². The van der Waals surface area contributed by atoms with E-state index in [-0.39, 0.29) is 0 Å². The van der Waals surface area contributed by atoms with Gasteiger partial charge in [0, 0.05) is 9.77 Å². The van der Waals surface area contributed by atoms with Gasteiger partial charge in [0.1, 0.15) is 0 Å². The van der Waals surface area contributed by atoms with Crippen LogP contribution in [-0.4, -0.2) is 13.4 Å². The number of aryl methyl sites for hydroxylation is 1. The first-order valence-electron chi connectivity index (χ1n) is 2.98. The second-order valence-corrected chi connectivity index (χ2v) is 4.72. The Hall–Kier alpha value is -0.240. The Kier molecular flexibility index (Phi) is 2.67. The molecule has 1 heterocycles. The van der Waals surface area contributed by atoms with Crippen molar-refractivity contribution in [3.8, 4) is 0 Å². The maximum Gasteiger partial charge on any atom is 0.350 e. The molecule has 1 rings (SSSR count). The van der Waals surface area contributed by atoms with E-state index in [0.29, 0.717) is 5.56 Å². The Bertz CT molecular complexity index is 404. The Morgan fingerprint density at radius 3 is 2.58 bits per heavy atom. The lowest BCUT2D eigenvalue weighted by Crippen LogP contribution is -1.99. The van der Waals surface area contributed by atoms with Crippen LogP contribution in [0.2, 0.25) is 0 Å². The standard InChI is InChI=1S/C6H5FINO2S/c1-4-2-5(8)3-9-6(4)12(7,10)11/h2-3H,1H3. The Labute approximate surface area is 83.4 Å². The molecular weight excluding hydrogens is 296 g/mol. The van der Waals surface area contributed by atoms with Crippen molar-refractivity contribution in [2.75, 3.05) is 0 Å². The molecule has 12 heavy (non-hydrogen) atoms. The molecule has 0 aliphatic carbocycles. The average molecular weight is 301 g/mol. The third-order valence-corrected chi connectivity index (χ3v) is 2.71. The first-order valence-corrected chi connectivity index (χ1v) is 5.44. The fourth-order valence-electron chi connectivity index (χ4n) is 0.783. The predicted molar refractivity (Wildman–Crippen MR) is 50.0 cm³/mol. The molecule has 0 unspecified atom stereocenters. The highest BCUT2D eigenvalue weighted by atomic mass is 127.